The second kappa shape index (κ2) is 10.4. The number of likely N-dealkylation sites (tertiary alicyclic amines) is 1. The minimum atomic E-state index is -0.0622. The second-order valence-electron chi connectivity index (χ2n) is 8.48. The van der Waals surface area contributed by atoms with Gasteiger partial charge in [0, 0.05) is 62.2 Å². The first-order valence-electron chi connectivity index (χ1n) is 11.2. The van der Waals surface area contributed by atoms with Gasteiger partial charge in [0.2, 0.25) is 11.8 Å². The summed E-state index contributed by atoms with van der Waals surface area (Å²) in [7, 11) is 1.62. The lowest BCUT2D eigenvalue weighted by atomic mass is 9.88. The molecule has 2 aromatic rings. The lowest BCUT2D eigenvalue weighted by Crippen LogP contribution is -2.48. The van der Waals surface area contributed by atoms with Crippen LogP contribution in [0.4, 0.5) is 5.69 Å². The number of benzene rings is 2. The monoisotopic (exact) mass is 455 g/mol. The smallest absolute Gasteiger partial charge is 0.229 e. The highest BCUT2D eigenvalue weighted by Crippen LogP contribution is 2.30. The maximum atomic E-state index is 12.7. The number of amides is 2. The molecule has 4 rings (SSSR count). The van der Waals surface area contributed by atoms with Gasteiger partial charge in [-0.25, -0.2) is 0 Å². The number of hydrogen-bond donors (Lipinski definition) is 0. The molecular weight excluding hydrogens is 426 g/mol. The summed E-state index contributed by atoms with van der Waals surface area (Å²) in [5.41, 5.74) is 2.18. The molecule has 0 unspecified atom stereocenters. The van der Waals surface area contributed by atoms with Crippen LogP contribution in [-0.4, -0.2) is 68.0 Å². The van der Waals surface area contributed by atoms with Crippen LogP contribution >= 0.6 is 11.6 Å². The van der Waals surface area contributed by atoms with Gasteiger partial charge in [0.25, 0.3) is 0 Å². The molecule has 0 spiro atoms. The van der Waals surface area contributed by atoms with Gasteiger partial charge in [-0.05, 0) is 48.9 Å². The standard InChI is InChI=1S/C25H30ClN3O3/c1-32-23-8-6-19(7-9-23)20-16-24(30)29(25(31)17-20)11-3-10-27-12-14-28(15-13-27)22-5-2-4-21(26)18-22/h2,4-9,18,20H,3,10-17H2,1H3. The predicted octanol–water partition coefficient (Wildman–Crippen LogP) is 3.79. The first kappa shape index (κ1) is 22.6. The highest BCUT2D eigenvalue weighted by atomic mass is 35.5. The van der Waals surface area contributed by atoms with E-state index in [1.807, 2.05) is 42.5 Å². The summed E-state index contributed by atoms with van der Waals surface area (Å²) in [4.78, 5) is 31.6. The Kier molecular flexibility index (Phi) is 7.33. The number of imide groups is 1. The van der Waals surface area contributed by atoms with Crippen molar-refractivity contribution >= 4 is 29.1 Å². The van der Waals surface area contributed by atoms with Crippen molar-refractivity contribution < 1.29 is 14.3 Å². The first-order valence-corrected chi connectivity index (χ1v) is 11.6. The Hall–Kier alpha value is -2.57. The van der Waals surface area contributed by atoms with Crippen molar-refractivity contribution in [1.82, 2.24) is 9.80 Å². The first-order chi connectivity index (χ1) is 15.5. The van der Waals surface area contributed by atoms with Crippen molar-refractivity contribution in [1.29, 1.82) is 0 Å². The molecule has 32 heavy (non-hydrogen) atoms. The summed E-state index contributed by atoms with van der Waals surface area (Å²) < 4.78 is 5.19. The van der Waals surface area contributed by atoms with E-state index in [0.29, 0.717) is 19.4 Å². The van der Waals surface area contributed by atoms with Crippen LogP contribution in [0.2, 0.25) is 5.02 Å². The molecule has 7 heteroatoms. The molecule has 2 fully saturated rings. The van der Waals surface area contributed by atoms with Crippen LogP contribution in [0.5, 0.6) is 5.75 Å². The van der Waals surface area contributed by atoms with E-state index in [1.165, 1.54) is 4.90 Å². The van der Waals surface area contributed by atoms with Gasteiger partial charge in [0.15, 0.2) is 0 Å². The lowest BCUT2D eigenvalue weighted by Gasteiger charge is -2.36. The lowest BCUT2D eigenvalue weighted by molar-refractivity contribution is -0.148. The fourth-order valence-electron chi connectivity index (χ4n) is 4.57. The van der Waals surface area contributed by atoms with E-state index >= 15 is 0 Å². The topological polar surface area (TPSA) is 53.1 Å². The van der Waals surface area contributed by atoms with Gasteiger partial charge in [0.05, 0.1) is 7.11 Å². The normalized spacial score (nSPS) is 18.3. The summed E-state index contributed by atoms with van der Waals surface area (Å²) in [5.74, 6) is 0.606. The molecular formula is C25H30ClN3O3. The van der Waals surface area contributed by atoms with Gasteiger partial charge < -0.3 is 9.64 Å². The van der Waals surface area contributed by atoms with E-state index in [2.05, 4.69) is 15.9 Å². The van der Waals surface area contributed by atoms with Crippen LogP contribution in [0, 0.1) is 0 Å². The molecule has 170 valence electrons. The molecule has 0 radical (unpaired) electrons. The molecule has 2 heterocycles. The maximum Gasteiger partial charge on any atom is 0.229 e. The Labute approximate surface area is 194 Å². The summed E-state index contributed by atoms with van der Waals surface area (Å²) in [6.07, 6.45) is 1.58. The second-order valence-corrected chi connectivity index (χ2v) is 8.92. The molecule has 2 amide bonds. The quantitative estimate of drug-likeness (QED) is 0.594. The molecule has 2 aliphatic heterocycles. The van der Waals surface area contributed by atoms with E-state index in [9.17, 15) is 9.59 Å². The number of hydrogen-bond acceptors (Lipinski definition) is 5. The minimum Gasteiger partial charge on any atom is -0.497 e. The van der Waals surface area contributed by atoms with E-state index in [4.69, 9.17) is 16.3 Å². The fraction of sp³-hybridized carbons (Fsp3) is 0.440. The van der Waals surface area contributed by atoms with Crippen molar-refractivity contribution in [3.05, 3.63) is 59.1 Å². The van der Waals surface area contributed by atoms with Crippen molar-refractivity contribution in [2.45, 2.75) is 25.2 Å². The number of halogens is 1. The molecule has 6 nitrogen and oxygen atoms in total. The number of rotatable bonds is 7. The molecule has 0 saturated carbocycles. The third-order valence-electron chi connectivity index (χ3n) is 6.43. The third kappa shape index (κ3) is 5.43. The van der Waals surface area contributed by atoms with Gasteiger partial charge in [-0.3, -0.25) is 19.4 Å². The zero-order valence-corrected chi connectivity index (χ0v) is 19.3. The van der Waals surface area contributed by atoms with Crippen LogP contribution in [0.15, 0.2) is 48.5 Å². The molecule has 0 N–H and O–H groups in total. The van der Waals surface area contributed by atoms with Gasteiger partial charge in [-0.15, -0.1) is 0 Å². The number of ether oxygens (including phenoxy) is 1. The highest BCUT2D eigenvalue weighted by molar-refractivity contribution is 6.30. The molecule has 2 aromatic carbocycles. The highest BCUT2D eigenvalue weighted by Gasteiger charge is 2.33. The molecule has 2 aliphatic rings. The Bertz CT molecular complexity index is 924. The number of carbonyl (C=O) groups is 2. The number of carbonyl (C=O) groups excluding carboxylic acids is 2. The Morgan fingerprint density at radius 1 is 0.938 bits per heavy atom. The van der Waals surface area contributed by atoms with Crippen molar-refractivity contribution in [2.75, 3.05) is 51.3 Å². The van der Waals surface area contributed by atoms with Crippen LogP contribution < -0.4 is 9.64 Å². The zero-order valence-electron chi connectivity index (χ0n) is 18.5. The van der Waals surface area contributed by atoms with Crippen LogP contribution in [0.3, 0.4) is 0 Å². The largest absolute Gasteiger partial charge is 0.497 e. The summed E-state index contributed by atoms with van der Waals surface area (Å²) >= 11 is 6.11. The predicted molar refractivity (Wildman–Crippen MR) is 126 cm³/mol. The van der Waals surface area contributed by atoms with E-state index in [0.717, 1.165) is 61.2 Å². The molecule has 0 aromatic heterocycles. The van der Waals surface area contributed by atoms with Gasteiger partial charge in [-0.2, -0.15) is 0 Å². The zero-order chi connectivity index (χ0) is 22.5. The van der Waals surface area contributed by atoms with E-state index in [-0.39, 0.29) is 17.7 Å². The van der Waals surface area contributed by atoms with E-state index < -0.39 is 0 Å². The fourth-order valence-corrected chi connectivity index (χ4v) is 4.75. The average molecular weight is 456 g/mol. The Morgan fingerprint density at radius 2 is 1.62 bits per heavy atom. The maximum absolute atomic E-state index is 12.7. The van der Waals surface area contributed by atoms with Crippen LogP contribution in [0.25, 0.3) is 0 Å². The van der Waals surface area contributed by atoms with Crippen molar-refractivity contribution in [2.24, 2.45) is 0 Å². The van der Waals surface area contributed by atoms with Gasteiger partial charge in [-0.1, -0.05) is 29.8 Å². The molecule has 0 aliphatic carbocycles. The summed E-state index contributed by atoms with van der Waals surface area (Å²) in [6.45, 7) is 5.22. The Balaban J connectivity index is 1.22. The summed E-state index contributed by atoms with van der Waals surface area (Å²) in [6, 6.07) is 15.6. The molecule has 2 saturated heterocycles. The number of piperidine rings is 1. The van der Waals surface area contributed by atoms with Gasteiger partial charge in [0.1, 0.15) is 5.75 Å². The number of methoxy groups -OCH3 is 1. The van der Waals surface area contributed by atoms with Crippen molar-refractivity contribution in [3.63, 3.8) is 0 Å². The SMILES string of the molecule is COc1ccc(C2CC(=O)N(CCCN3CCN(c4cccc(Cl)c4)CC3)C(=O)C2)cc1. The number of anilines is 1. The number of piperazine rings is 1. The Morgan fingerprint density at radius 3 is 2.25 bits per heavy atom. The minimum absolute atomic E-state index is 0.0447. The molecule has 0 bridgehead atoms. The average Bonchev–Trinajstić information content (AvgIpc) is 2.81. The van der Waals surface area contributed by atoms with Crippen LogP contribution in [0.1, 0.15) is 30.7 Å². The van der Waals surface area contributed by atoms with Gasteiger partial charge >= 0.3 is 0 Å². The number of nitrogens with zero attached hydrogens (tertiary/aromatic N) is 3. The van der Waals surface area contributed by atoms with Crippen molar-refractivity contribution in [3.8, 4) is 5.75 Å². The third-order valence-corrected chi connectivity index (χ3v) is 6.67. The summed E-state index contributed by atoms with van der Waals surface area (Å²) in [5, 5.41) is 0.759. The van der Waals surface area contributed by atoms with E-state index in [1.54, 1.807) is 7.11 Å². The molecule has 0 atom stereocenters. The van der Waals surface area contributed by atoms with Crippen LogP contribution in [-0.2, 0) is 9.59 Å².